The summed E-state index contributed by atoms with van der Waals surface area (Å²) in [5.41, 5.74) is 0.952. The van der Waals surface area contributed by atoms with E-state index in [1.54, 1.807) is 0 Å². The lowest BCUT2D eigenvalue weighted by Crippen LogP contribution is -1.96. The van der Waals surface area contributed by atoms with Gasteiger partial charge in [-0.25, -0.2) is 4.79 Å². The quantitative estimate of drug-likeness (QED) is 0.525. The van der Waals surface area contributed by atoms with Gasteiger partial charge in [0.05, 0.1) is 0 Å². The van der Waals surface area contributed by atoms with Crippen molar-refractivity contribution in [1.82, 2.24) is 0 Å². The summed E-state index contributed by atoms with van der Waals surface area (Å²) in [6.07, 6.45) is 0.715. The van der Waals surface area contributed by atoms with Gasteiger partial charge in [0.1, 0.15) is 6.61 Å². The fourth-order valence-corrected chi connectivity index (χ4v) is 1.13. The molecule has 4 nitrogen and oxygen atoms in total. The van der Waals surface area contributed by atoms with Gasteiger partial charge in [0, 0.05) is 3.57 Å². The Balaban J connectivity index is 2.39. The van der Waals surface area contributed by atoms with Crippen LogP contribution in [0.5, 0.6) is 0 Å². The molecule has 0 aliphatic carbocycles. The van der Waals surface area contributed by atoms with Crippen molar-refractivity contribution in [1.29, 1.82) is 0 Å². The molecule has 0 heterocycles. The van der Waals surface area contributed by atoms with Crippen molar-refractivity contribution in [2.45, 2.75) is 6.61 Å². The highest BCUT2D eigenvalue weighted by atomic mass is 127. The topological polar surface area (TPSA) is 58.9 Å². The molecule has 0 saturated heterocycles. The average Bonchev–Trinajstić information content (AvgIpc) is 2.15. The fourth-order valence-electron chi connectivity index (χ4n) is 0.775. The molecule has 14 heavy (non-hydrogen) atoms. The van der Waals surface area contributed by atoms with Gasteiger partial charge in [0.2, 0.25) is 0 Å². The van der Waals surface area contributed by atoms with Gasteiger partial charge >= 0.3 is 5.97 Å². The van der Waals surface area contributed by atoms with E-state index < -0.39 is 5.97 Å². The highest BCUT2D eigenvalue weighted by Crippen LogP contribution is 2.07. The number of carboxylic acids is 1. The molecule has 0 spiro atoms. The van der Waals surface area contributed by atoms with E-state index in [1.807, 2.05) is 24.3 Å². The number of hydrogen-bond acceptors (Lipinski definition) is 3. The van der Waals surface area contributed by atoms with Crippen LogP contribution in [0.1, 0.15) is 5.56 Å². The molecule has 1 aromatic rings. The Hall–Kier alpha value is -1.11. The molecule has 0 saturated carbocycles. The first kappa shape index (κ1) is 11.0. The van der Waals surface area contributed by atoms with E-state index in [9.17, 15) is 4.79 Å². The summed E-state index contributed by atoms with van der Waals surface area (Å²) in [5.74, 6) is -1.12. The summed E-state index contributed by atoms with van der Waals surface area (Å²) in [6, 6.07) is 7.69. The first-order valence-electron chi connectivity index (χ1n) is 3.81. The first-order valence-corrected chi connectivity index (χ1v) is 4.89. The van der Waals surface area contributed by atoms with Crippen LogP contribution in [0.3, 0.4) is 0 Å². The second-order valence-electron chi connectivity index (χ2n) is 2.47. The summed E-state index contributed by atoms with van der Waals surface area (Å²) >= 11 is 2.20. The molecular weight excluding hydrogens is 297 g/mol. The van der Waals surface area contributed by atoms with E-state index in [2.05, 4.69) is 27.7 Å². The lowest BCUT2D eigenvalue weighted by atomic mass is 10.2. The van der Waals surface area contributed by atoms with E-state index >= 15 is 0 Å². The molecule has 1 rings (SSSR count). The standard InChI is InChI=1S/C9H8INO3/c10-8-3-1-7(2-4-8)6-14-11-5-9(12)13/h1-5H,6H2,(H,12,13). The predicted molar refractivity (Wildman–Crippen MR) is 60.1 cm³/mol. The molecule has 0 amide bonds. The SMILES string of the molecule is O=C(O)C=NOCc1ccc(I)cc1. The summed E-state index contributed by atoms with van der Waals surface area (Å²) in [6.45, 7) is 0.278. The van der Waals surface area contributed by atoms with Gasteiger partial charge in [0.15, 0.2) is 6.21 Å². The van der Waals surface area contributed by atoms with Gasteiger partial charge in [-0.15, -0.1) is 0 Å². The van der Waals surface area contributed by atoms with Crippen LogP contribution < -0.4 is 0 Å². The zero-order valence-corrected chi connectivity index (χ0v) is 9.34. The number of aliphatic carboxylic acids is 1. The van der Waals surface area contributed by atoms with Crippen LogP contribution in [0.2, 0.25) is 0 Å². The van der Waals surface area contributed by atoms with E-state index in [4.69, 9.17) is 9.94 Å². The maximum atomic E-state index is 10.0. The Morgan fingerprint density at radius 1 is 1.50 bits per heavy atom. The number of carboxylic acid groups (broad SMARTS) is 1. The number of nitrogens with zero attached hydrogens (tertiary/aromatic N) is 1. The third-order valence-corrected chi connectivity index (χ3v) is 2.10. The minimum Gasteiger partial charge on any atom is -0.477 e. The maximum Gasteiger partial charge on any atom is 0.350 e. The van der Waals surface area contributed by atoms with Crippen molar-refractivity contribution in [2.75, 3.05) is 0 Å². The van der Waals surface area contributed by atoms with Gasteiger partial charge in [-0.2, -0.15) is 0 Å². The molecule has 0 aliphatic rings. The largest absolute Gasteiger partial charge is 0.477 e. The maximum absolute atomic E-state index is 10.0. The smallest absolute Gasteiger partial charge is 0.350 e. The molecule has 1 N–H and O–H groups in total. The molecule has 0 fully saturated rings. The summed E-state index contributed by atoms with van der Waals surface area (Å²) in [4.78, 5) is 14.8. The second kappa shape index (κ2) is 5.58. The average molecular weight is 305 g/mol. The van der Waals surface area contributed by atoms with Gasteiger partial charge in [-0.05, 0) is 40.3 Å². The molecule has 0 aromatic heterocycles. The Labute approximate surface area is 94.7 Å². The molecule has 1 aromatic carbocycles. The Morgan fingerprint density at radius 3 is 2.71 bits per heavy atom. The molecule has 0 atom stereocenters. The van der Waals surface area contributed by atoms with Gasteiger partial charge in [-0.3, -0.25) is 0 Å². The van der Waals surface area contributed by atoms with Crippen molar-refractivity contribution < 1.29 is 14.7 Å². The van der Waals surface area contributed by atoms with Crippen molar-refractivity contribution in [3.63, 3.8) is 0 Å². The highest BCUT2D eigenvalue weighted by molar-refractivity contribution is 14.1. The van der Waals surface area contributed by atoms with Crippen LogP contribution in [0.25, 0.3) is 0 Å². The van der Waals surface area contributed by atoms with Crippen LogP contribution in [-0.2, 0) is 16.2 Å². The normalized spacial score (nSPS) is 10.4. The van der Waals surface area contributed by atoms with Gasteiger partial charge < -0.3 is 9.94 Å². The zero-order valence-electron chi connectivity index (χ0n) is 7.18. The van der Waals surface area contributed by atoms with Gasteiger partial charge in [0.25, 0.3) is 0 Å². The van der Waals surface area contributed by atoms with E-state index in [-0.39, 0.29) is 6.61 Å². The summed E-state index contributed by atoms with van der Waals surface area (Å²) < 4.78 is 1.14. The van der Waals surface area contributed by atoms with Crippen molar-refractivity contribution >= 4 is 34.8 Å². The van der Waals surface area contributed by atoms with E-state index in [1.165, 1.54) is 0 Å². The third kappa shape index (κ3) is 4.22. The minimum atomic E-state index is -1.12. The summed E-state index contributed by atoms with van der Waals surface area (Å²) in [5, 5.41) is 11.5. The number of hydrogen-bond donors (Lipinski definition) is 1. The van der Waals surface area contributed by atoms with Crippen LogP contribution >= 0.6 is 22.6 Å². The number of rotatable bonds is 4. The van der Waals surface area contributed by atoms with Crippen LogP contribution in [0.4, 0.5) is 0 Å². The second-order valence-corrected chi connectivity index (χ2v) is 3.72. The molecule has 0 bridgehead atoms. The minimum absolute atomic E-state index is 0.278. The number of carbonyl (C=O) groups is 1. The van der Waals surface area contributed by atoms with E-state index in [0.717, 1.165) is 9.13 Å². The highest BCUT2D eigenvalue weighted by Gasteiger charge is 1.92. The third-order valence-electron chi connectivity index (χ3n) is 1.38. The molecule has 0 radical (unpaired) electrons. The first-order chi connectivity index (χ1) is 6.68. The van der Waals surface area contributed by atoms with Crippen molar-refractivity contribution in [2.24, 2.45) is 5.16 Å². The van der Waals surface area contributed by atoms with Crippen LogP contribution in [0.15, 0.2) is 29.4 Å². The molecule has 5 heteroatoms. The predicted octanol–water partition coefficient (Wildman–Crippen LogP) is 1.88. The Bertz CT molecular complexity index is 334. The lowest BCUT2D eigenvalue weighted by molar-refractivity contribution is -0.129. The number of halogens is 1. The monoisotopic (exact) mass is 305 g/mol. The van der Waals surface area contributed by atoms with E-state index in [0.29, 0.717) is 6.21 Å². The molecule has 74 valence electrons. The lowest BCUT2D eigenvalue weighted by Gasteiger charge is -1.98. The van der Waals surface area contributed by atoms with Crippen molar-refractivity contribution in [3.05, 3.63) is 33.4 Å². The molecule has 0 unspecified atom stereocenters. The van der Waals surface area contributed by atoms with Crippen molar-refractivity contribution in [3.8, 4) is 0 Å². The Kier molecular flexibility index (Phi) is 4.37. The summed E-state index contributed by atoms with van der Waals surface area (Å²) in [7, 11) is 0. The molecule has 0 aliphatic heterocycles. The fraction of sp³-hybridized carbons (Fsp3) is 0.111. The molecular formula is C9H8INO3. The zero-order chi connectivity index (χ0) is 10.4. The Morgan fingerprint density at radius 2 is 2.14 bits per heavy atom. The number of oxime groups is 1. The van der Waals surface area contributed by atoms with Crippen LogP contribution in [-0.4, -0.2) is 17.3 Å². The van der Waals surface area contributed by atoms with Crippen LogP contribution in [0, 0.1) is 3.57 Å². The van der Waals surface area contributed by atoms with Gasteiger partial charge in [-0.1, -0.05) is 17.3 Å². The number of benzene rings is 1.